The SMILES string of the molecule is COc1ccc(NC(=O)C(=O)NC2CCCC2)c(OC)c1. The third-order valence-electron chi connectivity index (χ3n) is 3.55. The van der Waals surface area contributed by atoms with Crippen molar-refractivity contribution in [2.45, 2.75) is 31.7 Å². The van der Waals surface area contributed by atoms with Gasteiger partial charge in [0.25, 0.3) is 0 Å². The van der Waals surface area contributed by atoms with E-state index >= 15 is 0 Å². The smallest absolute Gasteiger partial charge is 0.313 e. The Morgan fingerprint density at radius 1 is 1.10 bits per heavy atom. The lowest BCUT2D eigenvalue weighted by molar-refractivity contribution is -0.136. The van der Waals surface area contributed by atoms with E-state index in [-0.39, 0.29) is 6.04 Å². The molecular weight excluding hydrogens is 272 g/mol. The fourth-order valence-corrected chi connectivity index (χ4v) is 2.40. The summed E-state index contributed by atoms with van der Waals surface area (Å²) < 4.78 is 10.3. The quantitative estimate of drug-likeness (QED) is 0.828. The zero-order chi connectivity index (χ0) is 15.2. The van der Waals surface area contributed by atoms with Gasteiger partial charge in [0.15, 0.2) is 0 Å². The van der Waals surface area contributed by atoms with Gasteiger partial charge in [-0.1, -0.05) is 12.8 Å². The molecule has 0 bridgehead atoms. The summed E-state index contributed by atoms with van der Waals surface area (Å²) >= 11 is 0. The molecule has 1 fully saturated rings. The first-order valence-electron chi connectivity index (χ1n) is 6.98. The van der Waals surface area contributed by atoms with Crippen LogP contribution in [0.25, 0.3) is 0 Å². The molecule has 0 aliphatic heterocycles. The lowest BCUT2D eigenvalue weighted by atomic mass is 10.2. The summed E-state index contributed by atoms with van der Waals surface area (Å²) in [6.07, 6.45) is 4.06. The van der Waals surface area contributed by atoms with Crippen LogP contribution in [0, 0.1) is 0 Å². The number of rotatable bonds is 4. The van der Waals surface area contributed by atoms with Crippen LogP contribution in [0.4, 0.5) is 5.69 Å². The minimum absolute atomic E-state index is 0.112. The highest BCUT2D eigenvalue weighted by Crippen LogP contribution is 2.28. The van der Waals surface area contributed by atoms with E-state index in [1.54, 1.807) is 25.3 Å². The van der Waals surface area contributed by atoms with Gasteiger partial charge in [-0.05, 0) is 25.0 Å². The fraction of sp³-hybridized carbons (Fsp3) is 0.467. The van der Waals surface area contributed by atoms with Crippen LogP contribution in [0.3, 0.4) is 0 Å². The molecule has 1 aromatic carbocycles. The predicted octanol–water partition coefficient (Wildman–Crippen LogP) is 1.70. The van der Waals surface area contributed by atoms with Crippen LogP contribution >= 0.6 is 0 Å². The van der Waals surface area contributed by atoms with Crippen LogP contribution < -0.4 is 20.1 Å². The van der Waals surface area contributed by atoms with Crippen molar-refractivity contribution in [3.63, 3.8) is 0 Å². The maximum atomic E-state index is 11.9. The predicted molar refractivity (Wildman–Crippen MR) is 78.6 cm³/mol. The van der Waals surface area contributed by atoms with Gasteiger partial charge in [-0.2, -0.15) is 0 Å². The minimum atomic E-state index is -0.689. The highest BCUT2D eigenvalue weighted by Gasteiger charge is 2.22. The average Bonchev–Trinajstić information content (AvgIpc) is 3.00. The number of hydrogen-bond acceptors (Lipinski definition) is 4. The Kier molecular flexibility index (Phi) is 5.03. The lowest BCUT2D eigenvalue weighted by Gasteiger charge is -2.13. The van der Waals surface area contributed by atoms with Crippen molar-refractivity contribution in [2.75, 3.05) is 19.5 Å². The molecule has 2 rings (SSSR count). The normalized spacial score (nSPS) is 14.6. The maximum absolute atomic E-state index is 11.9. The van der Waals surface area contributed by atoms with Crippen LogP contribution in [0.5, 0.6) is 11.5 Å². The van der Waals surface area contributed by atoms with E-state index in [4.69, 9.17) is 9.47 Å². The summed E-state index contributed by atoms with van der Waals surface area (Å²) in [5.74, 6) is -0.248. The topological polar surface area (TPSA) is 76.7 Å². The molecule has 0 spiro atoms. The molecule has 1 saturated carbocycles. The van der Waals surface area contributed by atoms with Crippen LogP contribution in [-0.4, -0.2) is 32.1 Å². The van der Waals surface area contributed by atoms with Gasteiger partial charge in [0.05, 0.1) is 19.9 Å². The second-order valence-electron chi connectivity index (χ2n) is 4.98. The van der Waals surface area contributed by atoms with Gasteiger partial charge in [-0.25, -0.2) is 0 Å². The maximum Gasteiger partial charge on any atom is 0.313 e. The van der Waals surface area contributed by atoms with Crippen LogP contribution in [0.1, 0.15) is 25.7 Å². The van der Waals surface area contributed by atoms with Crippen LogP contribution in [0.15, 0.2) is 18.2 Å². The Bertz CT molecular complexity index is 524. The number of anilines is 1. The van der Waals surface area contributed by atoms with E-state index in [2.05, 4.69) is 10.6 Å². The number of hydrogen-bond donors (Lipinski definition) is 2. The monoisotopic (exact) mass is 292 g/mol. The van der Waals surface area contributed by atoms with E-state index in [9.17, 15) is 9.59 Å². The van der Waals surface area contributed by atoms with Gasteiger partial charge in [0, 0.05) is 12.1 Å². The first kappa shape index (κ1) is 15.2. The average molecular weight is 292 g/mol. The van der Waals surface area contributed by atoms with Crippen molar-refractivity contribution >= 4 is 17.5 Å². The highest BCUT2D eigenvalue weighted by molar-refractivity contribution is 6.39. The molecule has 2 N–H and O–H groups in total. The molecule has 6 heteroatoms. The molecule has 0 radical (unpaired) electrons. The number of carbonyl (C=O) groups excluding carboxylic acids is 2. The Balaban J connectivity index is 1.99. The van der Waals surface area contributed by atoms with Crippen molar-refractivity contribution < 1.29 is 19.1 Å². The van der Waals surface area contributed by atoms with Crippen LogP contribution in [-0.2, 0) is 9.59 Å². The molecule has 21 heavy (non-hydrogen) atoms. The summed E-state index contributed by atoms with van der Waals surface area (Å²) in [5, 5.41) is 5.30. The molecule has 1 aliphatic carbocycles. The highest BCUT2D eigenvalue weighted by atomic mass is 16.5. The number of carbonyl (C=O) groups is 2. The van der Waals surface area contributed by atoms with Crippen LogP contribution in [0.2, 0.25) is 0 Å². The molecule has 2 amide bonds. The third kappa shape index (κ3) is 3.87. The first-order chi connectivity index (χ1) is 10.1. The molecule has 0 aromatic heterocycles. The molecule has 0 atom stereocenters. The molecule has 1 aliphatic rings. The summed E-state index contributed by atoms with van der Waals surface area (Å²) in [4.78, 5) is 23.8. The molecule has 0 heterocycles. The molecule has 1 aromatic rings. The summed E-state index contributed by atoms with van der Waals surface area (Å²) in [7, 11) is 3.03. The van der Waals surface area contributed by atoms with Crippen molar-refractivity contribution in [2.24, 2.45) is 0 Å². The van der Waals surface area contributed by atoms with Gasteiger partial charge >= 0.3 is 11.8 Å². The van der Waals surface area contributed by atoms with Crippen molar-refractivity contribution in [1.29, 1.82) is 0 Å². The first-order valence-corrected chi connectivity index (χ1v) is 6.98. The number of amides is 2. The van der Waals surface area contributed by atoms with E-state index in [1.807, 2.05) is 0 Å². The summed E-state index contributed by atoms with van der Waals surface area (Å²) in [6, 6.07) is 5.08. The number of benzene rings is 1. The Labute approximate surface area is 123 Å². The number of nitrogens with one attached hydrogen (secondary N) is 2. The Morgan fingerprint density at radius 2 is 1.81 bits per heavy atom. The molecule has 6 nitrogen and oxygen atoms in total. The number of methoxy groups -OCH3 is 2. The lowest BCUT2D eigenvalue weighted by Crippen LogP contribution is -2.40. The standard InChI is InChI=1S/C15H20N2O4/c1-20-11-7-8-12(13(9-11)21-2)17-15(19)14(18)16-10-5-3-4-6-10/h7-10H,3-6H2,1-2H3,(H,16,18)(H,17,19). The zero-order valence-corrected chi connectivity index (χ0v) is 12.3. The van der Waals surface area contributed by atoms with Gasteiger partial charge in [-0.3, -0.25) is 9.59 Å². The second-order valence-corrected chi connectivity index (χ2v) is 4.98. The third-order valence-corrected chi connectivity index (χ3v) is 3.55. The minimum Gasteiger partial charge on any atom is -0.497 e. The fourth-order valence-electron chi connectivity index (χ4n) is 2.40. The van der Waals surface area contributed by atoms with E-state index < -0.39 is 11.8 Å². The largest absolute Gasteiger partial charge is 0.497 e. The van der Waals surface area contributed by atoms with E-state index in [1.165, 1.54) is 7.11 Å². The van der Waals surface area contributed by atoms with Crippen molar-refractivity contribution in [1.82, 2.24) is 5.32 Å². The molecule has 0 unspecified atom stereocenters. The molecular formula is C15H20N2O4. The van der Waals surface area contributed by atoms with Crippen molar-refractivity contribution in [3.05, 3.63) is 18.2 Å². The molecule has 114 valence electrons. The second kappa shape index (κ2) is 6.97. The van der Waals surface area contributed by atoms with E-state index in [0.717, 1.165) is 25.7 Å². The molecule has 0 saturated heterocycles. The number of ether oxygens (including phenoxy) is 2. The van der Waals surface area contributed by atoms with E-state index in [0.29, 0.717) is 17.2 Å². The Hall–Kier alpha value is -2.24. The Morgan fingerprint density at radius 3 is 2.43 bits per heavy atom. The van der Waals surface area contributed by atoms with Gasteiger partial charge in [-0.15, -0.1) is 0 Å². The summed E-state index contributed by atoms with van der Waals surface area (Å²) in [5.41, 5.74) is 0.435. The zero-order valence-electron chi connectivity index (χ0n) is 12.3. The van der Waals surface area contributed by atoms with Gasteiger partial charge in [0.2, 0.25) is 0 Å². The summed E-state index contributed by atoms with van der Waals surface area (Å²) in [6.45, 7) is 0. The van der Waals surface area contributed by atoms with Gasteiger partial charge < -0.3 is 20.1 Å². The van der Waals surface area contributed by atoms with Gasteiger partial charge in [0.1, 0.15) is 11.5 Å². The van der Waals surface area contributed by atoms with Crippen molar-refractivity contribution in [3.8, 4) is 11.5 Å².